The number of hydrogen-bond acceptors (Lipinski definition) is 6. The number of carboxylic acids is 1. The molecule has 210 valence electrons. The number of aliphatic carboxylic acids is 1. The molecule has 40 heavy (non-hydrogen) atoms. The Bertz CT molecular complexity index is 1650. The fourth-order valence-electron chi connectivity index (χ4n) is 5.24. The number of halogens is 1. The van der Waals surface area contributed by atoms with Gasteiger partial charge in [0.25, 0.3) is 5.56 Å². The first kappa shape index (κ1) is 27.9. The van der Waals surface area contributed by atoms with Crippen molar-refractivity contribution < 1.29 is 28.5 Å². The lowest BCUT2D eigenvalue weighted by molar-refractivity contribution is -0.161. The van der Waals surface area contributed by atoms with E-state index in [4.69, 9.17) is 14.2 Å². The van der Waals surface area contributed by atoms with E-state index in [-0.39, 0.29) is 11.4 Å². The zero-order valence-corrected chi connectivity index (χ0v) is 24.0. The van der Waals surface area contributed by atoms with Crippen molar-refractivity contribution in [3.63, 3.8) is 0 Å². The summed E-state index contributed by atoms with van der Waals surface area (Å²) in [5, 5.41) is 13.1. The van der Waals surface area contributed by atoms with Gasteiger partial charge in [0, 0.05) is 23.1 Å². The number of aromatic nitrogens is 1. The van der Waals surface area contributed by atoms with Crippen LogP contribution in [0.2, 0.25) is 0 Å². The standard InChI is InChI=1S/C31H32FNO6S/c1-17-20-9-6-12-37-27(20)24(32)15-22(17)25-21-11-10-18(38-16-19-8-7-13-40-19)14-23(21)29(34)33(5)26(25)28(30(35)36)39-31(2,3)4/h7-8,10-11,13-15,28H,6,9,12,16H2,1-5H3,(H,35,36). The number of carbonyl (C=O) groups is 1. The highest BCUT2D eigenvalue weighted by molar-refractivity contribution is 7.09. The molecule has 1 N–H and O–H groups in total. The average molecular weight is 566 g/mol. The summed E-state index contributed by atoms with van der Waals surface area (Å²) < 4.78 is 34.4. The lowest BCUT2D eigenvalue weighted by atomic mass is 9.87. The van der Waals surface area contributed by atoms with Gasteiger partial charge in [-0.15, -0.1) is 11.3 Å². The summed E-state index contributed by atoms with van der Waals surface area (Å²) in [5.74, 6) is -1.05. The smallest absolute Gasteiger partial charge is 0.339 e. The molecule has 4 aromatic rings. The van der Waals surface area contributed by atoms with Crippen LogP contribution in [-0.2, 0) is 29.6 Å². The Morgan fingerprint density at radius 1 is 1.23 bits per heavy atom. The number of thiophene rings is 1. The number of pyridine rings is 1. The van der Waals surface area contributed by atoms with Gasteiger partial charge >= 0.3 is 5.97 Å². The first-order valence-electron chi connectivity index (χ1n) is 13.1. The normalized spacial score (nSPS) is 14.1. The molecular formula is C31H32FNO6S. The van der Waals surface area contributed by atoms with E-state index in [1.165, 1.54) is 17.7 Å². The molecule has 0 fully saturated rings. The number of hydrogen-bond donors (Lipinski definition) is 1. The monoisotopic (exact) mass is 565 g/mol. The molecule has 0 radical (unpaired) electrons. The van der Waals surface area contributed by atoms with Crippen LogP contribution >= 0.6 is 11.3 Å². The molecule has 1 aliphatic heterocycles. The fourth-order valence-corrected chi connectivity index (χ4v) is 5.85. The van der Waals surface area contributed by atoms with Crippen molar-refractivity contribution >= 4 is 28.1 Å². The van der Waals surface area contributed by atoms with Gasteiger partial charge in [-0.3, -0.25) is 4.79 Å². The van der Waals surface area contributed by atoms with Gasteiger partial charge in [-0.1, -0.05) is 6.07 Å². The van der Waals surface area contributed by atoms with Crippen molar-refractivity contribution in [3.05, 3.63) is 79.6 Å². The van der Waals surface area contributed by atoms with E-state index in [1.54, 1.807) is 50.3 Å². The van der Waals surface area contributed by atoms with Crippen LogP contribution in [0.25, 0.3) is 21.9 Å². The second-order valence-corrected chi connectivity index (χ2v) is 12.0. The molecule has 1 unspecified atom stereocenters. The van der Waals surface area contributed by atoms with Gasteiger partial charge in [0.15, 0.2) is 17.7 Å². The summed E-state index contributed by atoms with van der Waals surface area (Å²) >= 11 is 1.57. The molecule has 3 heterocycles. The Morgan fingerprint density at radius 3 is 2.67 bits per heavy atom. The minimum absolute atomic E-state index is 0.145. The van der Waals surface area contributed by atoms with Gasteiger partial charge in [0.2, 0.25) is 0 Å². The van der Waals surface area contributed by atoms with E-state index in [1.807, 2.05) is 24.4 Å². The Morgan fingerprint density at radius 2 is 2.00 bits per heavy atom. The Balaban J connectivity index is 1.80. The Hall–Kier alpha value is -3.69. The molecule has 0 spiro atoms. The summed E-state index contributed by atoms with van der Waals surface area (Å²) in [4.78, 5) is 27.4. The predicted molar refractivity (Wildman–Crippen MR) is 153 cm³/mol. The van der Waals surface area contributed by atoms with Crippen LogP contribution in [0.1, 0.15) is 55.0 Å². The van der Waals surface area contributed by atoms with Gasteiger partial charge in [-0.2, -0.15) is 0 Å². The maximum absolute atomic E-state index is 15.5. The Labute approximate surface area is 235 Å². The highest BCUT2D eigenvalue weighted by Crippen LogP contribution is 2.43. The van der Waals surface area contributed by atoms with E-state index in [0.29, 0.717) is 47.3 Å². The zero-order chi connectivity index (χ0) is 28.8. The molecule has 0 saturated carbocycles. The van der Waals surface area contributed by atoms with Crippen LogP contribution in [0.4, 0.5) is 4.39 Å². The van der Waals surface area contributed by atoms with Crippen molar-refractivity contribution in [3.8, 4) is 22.6 Å². The quantitative estimate of drug-likeness (QED) is 0.273. The highest BCUT2D eigenvalue weighted by atomic mass is 32.1. The lowest BCUT2D eigenvalue weighted by Gasteiger charge is -2.29. The minimum atomic E-state index is -1.48. The van der Waals surface area contributed by atoms with E-state index in [2.05, 4.69) is 0 Å². The highest BCUT2D eigenvalue weighted by Gasteiger charge is 2.34. The molecule has 1 aliphatic rings. The largest absolute Gasteiger partial charge is 0.490 e. The molecule has 0 aliphatic carbocycles. The van der Waals surface area contributed by atoms with Crippen LogP contribution in [-0.4, -0.2) is 27.9 Å². The Kier molecular flexibility index (Phi) is 7.46. The van der Waals surface area contributed by atoms with E-state index in [0.717, 1.165) is 22.4 Å². The lowest BCUT2D eigenvalue weighted by Crippen LogP contribution is -2.33. The summed E-state index contributed by atoms with van der Waals surface area (Å²) in [6.45, 7) is 7.91. The summed E-state index contributed by atoms with van der Waals surface area (Å²) in [5.41, 5.74) is 1.35. The molecule has 7 nitrogen and oxygen atoms in total. The van der Waals surface area contributed by atoms with Gasteiger partial charge in [-0.25, -0.2) is 9.18 Å². The zero-order valence-electron chi connectivity index (χ0n) is 23.2. The third-order valence-electron chi connectivity index (χ3n) is 7.02. The third kappa shape index (κ3) is 5.23. The van der Waals surface area contributed by atoms with E-state index < -0.39 is 29.1 Å². The maximum atomic E-state index is 15.5. The molecule has 2 aromatic heterocycles. The molecule has 0 bridgehead atoms. The van der Waals surface area contributed by atoms with Crippen molar-refractivity contribution in [2.24, 2.45) is 7.05 Å². The van der Waals surface area contributed by atoms with E-state index >= 15 is 4.39 Å². The molecule has 2 aromatic carbocycles. The average Bonchev–Trinajstić information content (AvgIpc) is 3.44. The van der Waals surface area contributed by atoms with Crippen molar-refractivity contribution in [1.82, 2.24) is 4.57 Å². The maximum Gasteiger partial charge on any atom is 0.339 e. The van der Waals surface area contributed by atoms with Crippen molar-refractivity contribution in [1.29, 1.82) is 0 Å². The van der Waals surface area contributed by atoms with Gasteiger partial charge in [-0.05, 0) is 92.8 Å². The molecule has 0 amide bonds. The molecular weight excluding hydrogens is 533 g/mol. The van der Waals surface area contributed by atoms with Crippen molar-refractivity contribution in [2.75, 3.05) is 6.61 Å². The number of carboxylic acid groups (broad SMARTS) is 1. The number of fused-ring (bicyclic) bond motifs is 2. The van der Waals surface area contributed by atoms with Gasteiger partial charge in [0.05, 0.1) is 23.3 Å². The van der Waals surface area contributed by atoms with Crippen LogP contribution in [0.5, 0.6) is 11.5 Å². The van der Waals surface area contributed by atoms with Crippen LogP contribution in [0, 0.1) is 12.7 Å². The van der Waals surface area contributed by atoms with Crippen LogP contribution < -0.4 is 15.0 Å². The number of benzene rings is 2. The third-order valence-corrected chi connectivity index (χ3v) is 7.87. The molecule has 1 atom stereocenters. The van der Waals surface area contributed by atoms with Crippen LogP contribution in [0.3, 0.4) is 0 Å². The topological polar surface area (TPSA) is 87.0 Å². The second kappa shape index (κ2) is 10.7. The number of rotatable bonds is 7. The predicted octanol–water partition coefficient (Wildman–Crippen LogP) is 6.56. The molecule has 0 saturated heterocycles. The first-order valence-corrected chi connectivity index (χ1v) is 14.0. The van der Waals surface area contributed by atoms with E-state index in [9.17, 15) is 14.7 Å². The molecule has 9 heteroatoms. The van der Waals surface area contributed by atoms with Crippen molar-refractivity contribution in [2.45, 2.75) is 58.8 Å². The second-order valence-electron chi connectivity index (χ2n) is 10.9. The van der Waals surface area contributed by atoms with Crippen LogP contribution in [0.15, 0.2) is 46.6 Å². The summed E-state index contributed by atoms with van der Waals surface area (Å²) in [7, 11) is 1.52. The summed E-state index contributed by atoms with van der Waals surface area (Å²) in [6.07, 6.45) is -0.110. The fraction of sp³-hybridized carbons (Fsp3) is 0.355. The number of nitrogens with zero attached hydrogens (tertiary/aromatic N) is 1. The SMILES string of the molecule is Cc1c(-c2c(C(OC(C)(C)C)C(=O)O)n(C)c(=O)c3cc(OCc4cccs4)ccc23)cc(F)c2c1CCCO2. The number of ether oxygens (including phenoxy) is 3. The first-order chi connectivity index (χ1) is 19.0. The summed E-state index contributed by atoms with van der Waals surface area (Å²) in [6, 6.07) is 10.4. The minimum Gasteiger partial charge on any atom is -0.490 e. The van der Waals surface area contributed by atoms with Gasteiger partial charge in [0.1, 0.15) is 12.4 Å². The molecule has 5 rings (SSSR count). The van der Waals surface area contributed by atoms with Gasteiger partial charge < -0.3 is 23.9 Å².